The number of carbonyl (C=O) groups excluding carboxylic acids is 3. The first kappa shape index (κ1) is 66.3. The second kappa shape index (κ2) is 51.7. The first-order valence-electron chi connectivity index (χ1n) is 30.1. The molecule has 0 amide bonds. The summed E-state index contributed by atoms with van der Waals surface area (Å²) in [6.07, 6.45) is 58.7. The number of aliphatic carboxylic acids is 1. The number of nitrogens with zero attached hydrogens (tertiary/aromatic N) is 1. The van der Waals surface area contributed by atoms with Gasteiger partial charge in [0.25, 0.3) is 0 Å². The predicted octanol–water partition coefficient (Wildman–Crippen LogP) is 16.7. The highest BCUT2D eigenvalue weighted by molar-refractivity contribution is 5.70. The molecule has 0 fully saturated rings. The average Bonchev–Trinajstić information content (AvgIpc) is 3.30. The summed E-state index contributed by atoms with van der Waals surface area (Å²) in [6, 6.07) is -0.721. The Morgan fingerprint density at radius 2 is 0.647 bits per heavy atom. The number of hydrogen-bond donors (Lipinski definition) is 0. The summed E-state index contributed by atoms with van der Waals surface area (Å²) < 4.78 is 17.3. The predicted molar refractivity (Wildman–Crippen MR) is 287 cm³/mol. The number of carboxylic acids is 1. The SMILES string of the molecule is CCCCCCCCCCCCCCCCCCCCCCCCCCC(=O)OC(COCCC(C(=O)[O-])[N+](C)(C)C)COC(=O)CCCCCCCCCCCCCCCCCCCCCC. The van der Waals surface area contributed by atoms with E-state index in [4.69, 9.17) is 14.2 Å². The molecule has 2 atom stereocenters. The van der Waals surface area contributed by atoms with Crippen LogP contribution in [-0.4, -0.2) is 75.5 Å². The normalized spacial score (nSPS) is 12.7. The third kappa shape index (κ3) is 49.3. The van der Waals surface area contributed by atoms with Crippen molar-refractivity contribution >= 4 is 17.9 Å². The van der Waals surface area contributed by atoms with Crippen LogP contribution in [0.25, 0.3) is 0 Å². The largest absolute Gasteiger partial charge is 0.544 e. The highest BCUT2D eigenvalue weighted by Gasteiger charge is 2.25. The van der Waals surface area contributed by atoms with Crippen molar-refractivity contribution in [2.75, 3.05) is 41.0 Å². The topological polar surface area (TPSA) is 102 Å². The smallest absolute Gasteiger partial charge is 0.306 e. The Balaban J connectivity index is 4.07. The van der Waals surface area contributed by atoms with Gasteiger partial charge in [0.2, 0.25) is 0 Å². The Labute approximate surface area is 423 Å². The molecule has 0 N–H and O–H groups in total. The van der Waals surface area contributed by atoms with Crippen LogP contribution in [0, 0.1) is 0 Å². The minimum atomic E-state index is -1.12. The summed E-state index contributed by atoms with van der Waals surface area (Å²) in [4.78, 5) is 37.2. The molecular formula is C60H117NO7. The van der Waals surface area contributed by atoms with Crippen molar-refractivity contribution < 1.29 is 38.2 Å². The first-order valence-corrected chi connectivity index (χ1v) is 30.1. The lowest BCUT2D eigenvalue weighted by molar-refractivity contribution is -0.889. The molecular weight excluding hydrogens is 847 g/mol. The van der Waals surface area contributed by atoms with Gasteiger partial charge in [0.05, 0.1) is 40.3 Å². The number of quaternary nitrogens is 1. The maximum Gasteiger partial charge on any atom is 0.306 e. The molecule has 0 bridgehead atoms. The fourth-order valence-electron chi connectivity index (χ4n) is 9.61. The molecule has 0 aliphatic rings. The van der Waals surface area contributed by atoms with Crippen molar-refractivity contribution in [2.24, 2.45) is 0 Å². The number of unbranched alkanes of at least 4 members (excludes halogenated alkanes) is 42. The molecule has 0 saturated carbocycles. The van der Waals surface area contributed by atoms with Crippen LogP contribution >= 0.6 is 0 Å². The molecule has 0 heterocycles. The van der Waals surface area contributed by atoms with E-state index in [2.05, 4.69) is 13.8 Å². The summed E-state index contributed by atoms with van der Waals surface area (Å²) in [5.74, 6) is -1.70. The molecule has 0 aliphatic carbocycles. The fourth-order valence-corrected chi connectivity index (χ4v) is 9.61. The van der Waals surface area contributed by atoms with Crippen molar-refractivity contribution in [2.45, 2.75) is 328 Å². The molecule has 0 aliphatic heterocycles. The molecule has 68 heavy (non-hydrogen) atoms. The van der Waals surface area contributed by atoms with Crippen LogP contribution in [0.5, 0.6) is 0 Å². The van der Waals surface area contributed by atoms with Gasteiger partial charge in [0.1, 0.15) is 12.6 Å². The van der Waals surface area contributed by atoms with Gasteiger partial charge in [0.15, 0.2) is 6.10 Å². The average molecular weight is 965 g/mol. The number of carbonyl (C=O) groups is 3. The molecule has 0 aromatic carbocycles. The van der Waals surface area contributed by atoms with Crippen molar-refractivity contribution in [1.29, 1.82) is 0 Å². The molecule has 0 rings (SSSR count). The van der Waals surface area contributed by atoms with Gasteiger partial charge in [-0.2, -0.15) is 0 Å². The van der Waals surface area contributed by atoms with Gasteiger partial charge in [-0.1, -0.05) is 284 Å². The quantitative estimate of drug-likeness (QED) is 0.0340. The van der Waals surface area contributed by atoms with E-state index in [0.717, 1.165) is 38.5 Å². The minimum Gasteiger partial charge on any atom is -0.544 e. The van der Waals surface area contributed by atoms with E-state index in [-0.39, 0.29) is 42.7 Å². The van der Waals surface area contributed by atoms with Crippen LogP contribution in [0.4, 0.5) is 0 Å². The number of hydrogen-bond acceptors (Lipinski definition) is 7. The zero-order valence-electron chi connectivity index (χ0n) is 46.3. The summed E-state index contributed by atoms with van der Waals surface area (Å²) in [5, 5.41) is 11.7. The van der Waals surface area contributed by atoms with Gasteiger partial charge in [-0.25, -0.2) is 0 Å². The Morgan fingerprint density at radius 1 is 0.382 bits per heavy atom. The summed E-state index contributed by atoms with van der Waals surface area (Å²) in [6.45, 7) is 4.75. The van der Waals surface area contributed by atoms with E-state index < -0.39 is 18.1 Å². The van der Waals surface area contributed by atoms with Crippen LogP contribution in [0.2, 0.25) is 0 Å². The van der Waals surface area contributed by atoms with Gasteiger partial charge in [-0.15, -0.1) is 0 Å². The zero-order chi connectivity index (χ0) is 49.9. The van der Waals surface area contributed by atoms with Crippen molar-refractivity contribution in [1.82, 2.24) is 0 Å². The van der Waals surface area contributed by atoms with Crippen molar-refractivity contribution in [3.8, 4) is 0 Å². The lowest BCUT2D eigenvalue weighted by Crippen LogP contribution is -2.55. The van der Waals surface area contributed by atoms with Crippen LogP contribution in [0.3, 0.4) is 0 Å². The number of rotatable bonds is 56. The lowest BCUT2D eigenvalue weighted by Gasteiger charge is -2.34. The van der Waals surface area contributed by atoms with E-state index >= 15 is 0 Å². The van der Waals surface area contributed by atoms with E-state index in [9.17, 15) is 19.5 Å². The monoisotopic (exact) mass is 964 g/mol. The van der Waals surface area contributed by atoms with Crippen LogP contribution < -0.4 is 5.11 Å². The van der Waals surface area contributed by atoms with E-state index in [1.807, 2.05) is 21.1 Å². The number of carboxylic acid groups (broad SMARTS) is 1. The standard InChI is InChI=1S/C60H117NO7/c1-6-8-10-12-14-16-18-20-22-24-26-28-29-30-31-33-35-37-39-41-43-45-47-49-51-59(63)68-56(54-66-53-52-57(60(64)65)61(3,4)5)55-67-58(62)50-48-46-44-42-40-38-36-34-32-27-25-23-21-19-17-15-13-11-9-7-2/h56-57H,6-55H2,1-5H3. The van der Waals surface area contributed by atoms with Crippen LogP contribution in [0.1, 0.15) is 316 Å². The Morgan fingerprint density at radius 3 is 0.912 bits per heavy atom. The second-order valence-corrected chi connectivity index (χ2v) is 22.0. The van der Waals surface area contributed by atoms with Crippen LogP contribution in [0.15, 0.2) is 0 Å². The third-order valence-electron chi connectivity index (χ3n) is 14.2. The zero-order valence-corrected chi connectivity index (χ0v) is 46.3. The number of ether oxygens (including phenoxy) is 3. The van der Waals surface area contributed by atoms with Gasteiger partial charge in [0, 0.05) is 19.3 Å². The molecule has 404 valence electrons. The molecule has 0 aromatic rings. The molecule has 8 heteroatoms. The maximum absolute atomic E-state index is 12.8. The van der Waals surface area contributed by atoms with Crippen LogP contribution in [-0.2, 0) is 28.6 Å². The molecule has 0 aromatic heterocycles. The van der Waals surface area contributed by atoms with Gasteiger partial charge < -0.3 is 28.6 Å². The second-order valence-electron chi connectivity index (χ2n) is 22.0. The minimum absolute atomic E-state index is 0.0503. The number of likely N-dealkylation sites (N-methyl/N-ethyl adjacent to an activating group) is 1. The first-order chi connectivity index (χ1) is 33.1. The van der Waals surface area contributed by atoms with Gasteiger partial charge >= 0.3 is 11.9 Å². The van der Waals surface area contributed by atoms with Gasteiger partial charge in [-0.05, 0) is 12.8 Å². The maximum atomic E-state index is 12.8. The van der Waals surface area contributed by atoms with Gasteiger partial charge in [-0.3, -0.25) is 9.59 Å². The third-order valence-corrected chi connectivity index (χ3v) is 14.2. The Hall–Kier alpha value is -1.67. The van der Waals surface area contributed by atoms with Crippen molar-refractivity contribution in [3.63, 3.8) is 0 Å². The van der Waals surface area contributed by atoms with E-state index in [1.165, 1.54) is 244 Å². The summed E-state index contributed by atoms with van der Waals surface area (Å²) in [5.41, 5.74) is 0. The molecule has 0 radical (unpaired) electrons. The fraction of sp³-hybridized carbons (Fsp3) is 0.950. The molecule has 0 saturated heterocycles. The molecule has 0 spiro atoms. The Kier molecular flexibility index (Phi) is 50.4. The summed E-state index contributed by atoms with van der Waals surface area (Å²) >= 11 is 0. The number of esters is 2. The van der Waals surface area contributed by atoms with E-state index in [0.29, 0.717) is 12.8 Å². The molecule has 8 nitrogen and oxygen atoms in total. The Bertz CT molecular complexity index is 1080. The lowest BCUT2D eigenvalue weighted by atomic mass is 10.0. The molecule has 2 unspecified atom stereocenters. The summed E-state index contributed by atoms with van der Waals surface area (Å²) in [7, 11) is 5.44. The highest BCUT2D eigenvalue weighted by Crippen LogP contribution is 2.18. The highest BCUT2D eigenvalue weighted by atomic mass is 16.6. The van der Waals surface area contributed by atoms with Crippen molar-refractivity contribution in [3.05, 3.63) is 0 Å². The van der Waals surface area contributed by atoms with E-state index in [1.54, 1.807) is 0 Å².